The van der Waals surface area contributed by atoms with Crippen molar-refractivity contribution in [2.75, 3.05) is 33.4 Å². The highest BCUT2D eigenvalue weighted by molar-refractivity contribution is 5.20. The third kappa shape index (κ3) is 3.81. The topological polar surface area (TPSA) is 24.5 Å². The van der Waals surface area contributed by atoms with E-state index in [0.717, 1.165) is 39.1 Å². The normalized spacial score (nSPS) is 27.6. The molecule has 112 valence electrons. The van der Waals surface area contributed by atoms with Crippen LogP contribution < -0.4 is 5.32 Å². The average Bonchev–Trinajstić information content (AvgIpc) is 2.49. The maximum Gasteiger partial charge on any atom is 0.0474 e. The van der Waals surface area contributed by atoms with Gasteiger partial charge >= 0.3 is 0 Å². The van der Waals surface area contributed by atoms with Crippen molar-refractivity contribution in [3.63, 3.8) is 0 Å². The van der Waals surface area contributed by atoms with Crippen LogP contribution in [0.1, 0.15) is 38.3 Å². The predicted octanol–water partition coefficient (Wildman–Crippen LogP) is 2.84. The molecular weight excluding hydrogens is 248 g/mol. The minimum Gasteiger partial charge on any atom is -0.385 e. The Labute approximate surface area is 123 Å². The average molecular weight is 276 g/mol. The Morgan fingerprint density at radius 3 is 2.75 bits per heavy atom. The Morgan fingerprint density at radius 1 is 1.35 bits per heavy atom. The standard InChI is InChI=1S/C17H28N2O/c1-4-17(2)14-19(11-8-12-20-3)16(13-18-17)15-9-6-5-7-10-15/h5-7,9-10,16,18H,4,8,11-14H2,1-3H3. The number of methoxy groups -OCH3 is 1. The Hall–Kier alpha value is -0.900. The first-order valence-corrected chi connectivity index (χ1v) is 7.71. The maximum absolute atomic E-state index is 5.21. The van der Waals surface area contributed by atoms with Crippen molar-refractivity contribution >= 4 is 0 Å². The van der Waals surface area contributed by atoms with Crippen molar-refractivity contribution in [1.29, 1.82) is 0 Å². The van der Waals surface area contributed by atoms with Gasteiger partial charge in [0, 0.05) is 44.9 Å². The van der Waals surface area contributed by atoms with Gasteiger partial charge in [-0.3, -0.25) is 4.90 Å². The zero-order valence-corrected chi connectivity index (χ0v) is 13.1. The van der Waals surface area contributed by atoms with E-state index in [9.17, 15) is 0 Å². The molecule has 3 nitrogen and oxygen atoms in total. The molecule has 0 bridgehead atoms. The van der Waals surface area contributed by atoms with Gasteiger partial charge in [0.1, 0.15) is 0 Å². The molecule has 20 heavy (non-hydrogen) atoms. The van der Waals surface area contributed by atoms with E-state index in [1.807, 2.05) is 0 Å². The fourth-order valence-electron chi connectivity index (χ4n) is 2.97. The Morgan fingerprint density at radius 2 is 2.10 bits per heavy atom. The molecule has 3 heteroatoms. The summed E-state index contributed by atoms with van der Waals surface area (Å²) in [6.45, 7) is 8.67. The zero-order chi connectivity index (χ0) is 14.4. The van der Waals surface area contributed by atoms with Gasteiger partial charge in [0.2, 0.25) is 0 Å². The first-order valence-electron chi connectivity index (χ1n) is 7.71. The summed E-state index contributed by atoms with van der Waals surface area (Å²) in [6.07, 6.45) is 2.26. The molecular formula is C17H28N2O. The van der Waals surface area contributed by atoms with Crippen LogP contribution in [0.15, 0.2) is 30.3 Å². The molecule has 1 heterocycles. The number of piperazine rings is 1. The van der Waals surface area contributed by atoms with Gasteiger partial charge in [0.15, 0.2) is 0 Å². The molecule has 0 radical (unpaired) electrons. The second-order valence-electron chi connectivity index (χ2n) is 6.04. The van der Waals surface area contributed by atoms with Crippen LogP contribution in [0.3, 0.4) is 0 Å². The van der Waals surface area contributed by atoms with E-state index in [-0.39, 0.29) is 5.54 Å². The van der Waals surface area contributed by atoms with Crippen LogP contribution in [0.25, 0.3) is 0 Å². The number of hydrogen-bond acceptors (Lipinski definition) is 3. The Bertz CT molecular complexity index is 395. The molecule has 1 aromatic rings. The largest absolute Gasteiger partial charge is 0.385 e. The highest BCUT2D eigenvalue weighted by atomic mass is 16.5. The van der Waals surface area contributed by atoms with Crippen LogP contribution >= 0.6 is 0 Å². The first kappa shape index (κ1) is 15.5. The summed E-state index contributed by atoms with van der Waals surface area (Å²) in [4.78, 5) is 2.62. The van der Waals surface area contributed by atoms with Crippen molar-refractivity contribution in [3.8, 4) is 0 Å². The molecule has 1 aliphatic heterocycles. The van der Waals surface area contributed by atoms with Crippen molar-refractivity contribution < 1.29 is 4.74 Å². The van der Waals surface area contributed by atoms with E-state index in [1.54, 1.807) is 7.11 Å². The third-order valence-corrected chi connectivity index (χ3v) is 4.47. The van der Waals surface area contributed by atoms with Gasteiger partial charge in [-0.15, -0.1) is 0 Å². The summed E-state index contributed by atoms with van der Waals surface area (Å²) in [7, 11) is 1.78. The molecule has 0 aliphatic carbocycles. The first-order chi connectivity index (χ1) is 9.68. The van der Waals surface area contributed by atoms with Crippen molar-refractivity contribution in [3.05, 3.63) is 35.9 Å². The fraction of sp³-hybridized carbons (Fsp3) is 0.647. The van der Waals surface area contributed by atoms with Crippen LogP contribution in [0.4, 0.5) is 0 Å². The number of ether oxygens (including phenoxy) is 1. The van der Waals surface area contributed by atoms with Gasteiger partial charge in [0.05, 0.1) is 0 Å². The fourth-order valence-corrected chi connectivity index (χ4v) is 2.97. The predicted molar refractivity (Wildman–Crippen MR) is 83.9 cm³/mol. The van der Waals surface area contributed by atoms with Crippen molar-refractivity contribution in [2.24, 2.45) is 0 Å². The molecule has 1 fully saturated rings. The molecule has 1 aliphatic rings. The second-order valence-corrected chi connectivity index (χ2v) is 6.04. The van der Waals surface area contributed by atoms with E-state index in [0.29, 0.717) is 6.04 Å². The molecule has 2 atom stereocenters. The smallest absolute Gasteiger partial charge is 0.0474 e. The number of nitrogens with zero attached hydrogens (tertiary/aromatic N) is 1. The number of hydrogen-bond donors (Lipinski definition) is 1. The molecule has 0 aromatic heterocycles. The van der Waals surface area contributed by atoms with Gasteiger partial charge in [0.25, 0.3) is 0 Å². The van der Waals surface area contributed by atoms with Crippen LogP contribution in [-0.4, -0.2) is 43.8 Å². The molecule has 0 spiro atoms. The Kier molecular flexibility index (Phi) is 5.58. The summed E-state index contributed by atoms with van der Waals surface area (Å²) >= 11 is 0. The molecule has 0 saturated carbocycles. The van der Waals surface area contributed by atoms with Gasteiger partial charge < -0.3 is 10.1 Å². The molecule has 0 amide bonds. The maximum atomic E-state index is 5.21. The zero-order valence-electron chi connectivity index (χ0n) is 13.1. The lowest BCUT2D eigenvalue weighted by molar-refractivity contribution is 0.0733. The number of nitrogens with one attached hydrogen (secondary N) is 1. The number of benzene rings is 1. The van der Waals surface area contributed by atoms with Crippen LogP contribution in [0.5, 0.6) is 0 Å². The molecule has 1 saturated heterocycles. The molecule has 1 aromatic carbocycles. The molecule has 2 rings (SSSR count). The lowest BCUT2D eigenvalue weighted by Gasteiger charge is -2.46. The summed E-state index contributed by atoms with van der Waals surface area (Å²) in [5.74, 6) is 0. The van der Waals surface area contributed by atoms with Crippen molar-refractivity contribution in [2.45, 2.75) is 38.3 Å². The minimum atomic E-state index is 0.234. The molecule has 2 unspecified atom stereocenters. The van der Waals surface area contributed by atoms with Crippen LogP contribution in [0, 0.1) is 0 Å². The van der Waals surface area contributed by atoms with Gasteiger partial charge in [-0.1, -0.05) is 37.3 Å². The number of rotatable bonds is 6. The summed E-state index contributed by atoms with van der Waals surface area (Å²) in [6, 6.07) is 11.3. The second kappa shape index (κ2) is 7.21. The SMILES string of the molecule is CCC1(C)CN(CCCOC)C(c2ccccc2)CN1. The van der Waals surface area contributed by atoms with Crippen molar-refractivity contribution in [1.82, 2.24) is 10.2 Å². The van der Waals surface area contributed by atoms with E-state index in [2.05, 4.69) is 54.4 Å². The lowest BCUT2D eigenvalue weighted by Crippen LogP contribution is -2.59. The highest BCUT2D eigenvalue weighted by Gasteiger charge is 2.34. The quantitative estimate of drug-likeness (QED) is 0.809. The van der Waals surface area contributed by atoms with Gasteiger partial charge in [-0.05, 0) is 25.3 Å². The van der Waals surface area contributed by atoms with Gasteiger partial charge in [-0.2, -0.15) is 0 Å². The van der Waals surface area contributed by atoms with E-state index in [1.165, 1.54) is 5.56 Å². The monoisotopic (exact) mass is 276 g/mol. The minimum absolute atomic E-state index is 0.234. The molecule has 1 N–H and O–H groups in total. The third-order valence-electron chi connectivity index (χ3n) is 4.47. The van der Waals surface area contributed by atoms with Crippen LogP contribution in [-0.2, 0) is 4.74 Å². The van der Waals surface area contributed by atoms with E-state index < -0.39 is 0 Å². The Balaban J connectivity index is 2.08. The lowest BCUT2D eigenvalue weighted by atomic mass is 9.91. The van der Waals surface area contributed by atoms with E-state index in [4.69, 9.17) is 4.74 Å². The van der Waals surface area contributed by atoms with E-state index >= 15 is 0 Å². The van der Waals surface area contributed by atoms with Gasteiger partial charge in [-0.25, -0.2) is 0 Å². The van der Waals surface area contributed by atoms with Crippen LogP contribution in [0.2, 0.25) is 0 Å². The summed E-state index contributed by atoms with van der Waals surface area (Å²) in [5.41, 5.74) is 1.65. The highest BCUT2D eigenvalue weighted by Crippen LogP contribution is 2.28. The summed E-state index contributed by atoms with van der Waals surface area (Å²) in [5, 5.41) is 3.74. The summed E-state index contributed by atoms with van der Waals surface area (Å²) < 4.78 is 5.21.